The smallest absolute Gasteiger partial charge is 0.0465 e. The average molecular weight is 175 g/mol. The summed E-state index contributed by atoms with van der Waals surface area (Å²) in [6.45, 7) is 4.74. The van der Waals surface area contributed by atoms with E-state index in [9.17, 15) is 0 Å². The maximum absolute atomic E-state index is 5.49. The van der Waals surface area contributed by atoms with E-state index >= 15 is 0 Å². The molecule has 0 heterocycles. The van der Waals surface area contributed by atoms with Crippen molar-refractivity contribution < 1.29 is 4.74 Å². The Morgan fingerprint density at radius 3 is 2.50 bits per heavy atom. The van der Waals surface area contributed by atoms with Crippen LogP contribution in [-0.4, -0.2) is 13.7 Å². The van der Waals surface area contributed by atoms with Gasteiger partial charge in [-0.05, 0) is 12.8 Å². The Balaban J connectivity index is 0. The third-order valence-corrected chi connectivity index (χ3v) is 1.08. The van der Waals surface area contributed by atoms with Crippen molar-refractivity contribution in [2.75, 3.05) is 13.7 Å². The largest absolute Gasteiger partial charge is 0.401 e. The van der Waals surface area contributed by atoms with E-state index in [4.69, 9.17) is 16.3 Å². The van der Waals surface area contributed by atoms with Gasteiger partial charge in [-0.3, -0.25) is 5.84 Å². The van der Waals surface area contributed by atoms with Crippen LogP contribution >= 0.6 is 0 Å². The Morgan fingerprint density at radius 1 is 1.50 bits per heavy atom. The number of rotatable bonds is 5. The number of methoxy groups -OCH3 is 1. The second-order valence-electron chi connectivity index (χ2n) is 1.98. The lowest BCUT2D eigenvalue weighted by Gasteiger charge is -1.99. The first-order valence-electron chi connectivity index (χ1n) is 4.21. The molecule has 4 heteroatoms. The van der Waals surface area contributed by atoms with Crippen molar-refractivity contribution in [3.63, 3.8) is 0 Å². The first-order chi connectivity index (χ1) is 5.81. The zero-order valence-electron chi connectivity index (χ0n) is 8.26. The van der Waals surface area contributed by atoms with E-state index in [2.05, 4.69) is 5.43 Å². The second-order valence-corrected chi connectivity index (χ2v) is 1.98. The van der Waals surface area contributed by atoms with Crippen LogP contribution in [0.25, 0.3) is 0 Å². The van der Waals surface area contributed by atoms with Crippen LogP contribution in [0, 0.1) is 0 Å². The second kappa shape index (κ2) is 12.9. The highest BCUT2D eigenvalue weighted by molar-refractivity contribution is 4.93. The SMILES string of the molecule is CC.COCCC/C(N)=C/NN. The predicted octanol–water partition coefficient (Wildman–Crippen LogP) is 0.703. The number of nitrogens with one attached hydrogen (secondary N) is 1. The third-order valence-electron chi connectivity index (χ3n) is 1.08. The Labute approximate surface area is 74.9 Å². The number of ether oxygens (including phenoxy) is 1. The molecule has 0 aliphatic rings. The van der Waals surface area contributed by atoms with Gasteiger partial charge in [0.05, 0.1) is 0 Å². The average Bonchev–Trinajstić information content (AvgIpc) is 2.09. The van der Waals surface area contributed by atoms with Gasteiger partial charge in [0, 0.05) is 25.6 Å². The standard InChI is InChI=1S/C6H15N3O.C2H6/c1-10-4-2-3-6(7)5-9-8;1-2/h5,9H,2-4,7-8H2,1H3;1-2H3/b6-5-;. The zero-order chi connectivity index (χ0) is 9.82. The van der Waals surface area contributed by atoms with Crippen LogP contribution in [0.5, 0.6) is 0 Å². The molecule has 0 aromatic heterocycles. The molecule has 5 N–H and O–H groups in total. The minimum Gasteiger partial charge on any atom is -0.401 e. The molecule has 0 amide bonds. The third kappa shape index (κ3) is 12.0. The zero-order valence-corrected chi connectivity index (χ0v) is 8.26. The van der Waals surface area contributed by atoms with Gasteiger partial charge in [-0.25, -0.2) is 0 Å². The van der Waals surface area contributed by atoms with Crippen LogP contribution in [0.4, 0.5) is 0 Å². The van der Waals surface area contributed by atoms with Crippen molar-refractivity contribution in [1.82, 2.24) is 5.43 Å². The minimum absolute atomic E-state index is 0.735. The molecule has 0 aromatic carbocycles. The molecular weight excluding hydrogens is 154 g/mol. The van der Waals surface area contributed by atoms with E-state index in [1.165, 1.54) is 0 Å². The minimum atomic E-state index is 0.735. The Kier molecular flexibility index (Phi) is 14.9. The Bertz CT molecular complexity index is 104. The maximum atomic E-state index is 5.49. The molecule has 0 fully saturated rings. The summed E-state index contributed by atoms with van der Waals surface area (Å²) in [5.74, 6) is 5.00. The molecule has 0 aliphatic heterocycles. The molecule has 12 heavy (non-hydrogen) atoms. The van der Waals surface area contributed by atoms with Crippen LogP contribution in [0.3, 0.4) is 0 Å². The predicted molar refractivity (Wildman–Crippen MR) is 52.1 cm³/mol. The van der Waals surface area contributed by atoms with Gasteiger partial charge < -0.3 is 15.9 Å². The summed E-state index contributed by atoms with van der Waals surface area (Å²) in [4.78, 5) is 0. The topological polar surface area (TPSA) is 73.3 Å². The monoisotopic (exact) mass is 175 g/mol. The van der Waals surface area contributed by atoms with Crippen molar-refractivity contribution in [1.29, 1.82) is 0 Å². The molecule has 0 aliphatic carbocycles. The molecule has 0 saturated carbocycles. The number of hydrogen-bond donors (Lipinski definition) is 3. The van der Waals surface area contributed by atoms with Crippen molar-refractivity contribution in [2.45, 2.75) is 26.7 Å². The van der Waals surface area contributed by atoms with Crippen molar-refractivity contribution in [3.05, 3.63) is 11.9 Å². The van der Waals surface area contributed by atoms with Crippen LogP contribution in [0.2, 0.25) is 0 Å². The van der Waals surface area contributed by atoms with Gasteiger partial charge >= 0.3 is 0 Å². The summed E-state index contributed by atoms with van der Waals surface area (Å²) in [6, 6.07) is 0. The quantitative estimate of drug-likeness (QED) is 0.327. The summed E-state index contributed by atoms with van der Waals surface area (Å²) < 4.78 is 4.84. The molecule has 0 aromatic rings. The summed E-state index contributed by atoms with van der Waals surface area (Å²) >= 11 is 0. The highest BCUT2D eigenvalue weighted by atomic mass is 16.5. The van der Waals surface area contributed by atoms with Crippen LogP contribution in [0.1, 0.15) is 26.7 Å². The van der Waals surface area contributed by atoms with Gasteiger partial charge in [0.25, 0.3) is 0 Å². The lowest BCUT2D eigenvalue weighted by molar-refractivity contribution is 0.195. The number of hydrogen-bond acceptors (Lipinski definition) is 4. The molecule has 74 valence electrons. The van der Waals surface area contributed by atoms with Gasteiger partial charge in [0.2, 0.25) is 0 Å². The lowest BCUT2D eigenvalue weighted by Crippen LogP contribution is -2.16. The number of allylic oxidation sites excluding steroid dienone is 1. The summed E-state index contributed by atoms with van der Waals surface area (Å²) in [5, 5.41) is 0. The summed E-state index contributed by atoms with van der Waals surface area (Å²) in [5.41, 5.74) is 8.60. The van der Waals surface area contributed by atoms with Crippen molar-refractivity contribution >= 4 is 0 Å². The van der Waals surface area contributed by atoms with Gasteiger partial charge in [0.15, 0.2) is 0 Å². The lowest BCUT2D eigenvalue weighted by atomic mass is 10.3. The number of hydrazine groups is 1. The van der Waals surface area contributed by atoms with E-state index in [1.54, 1.807) is 13.3 Å². The van der Waals surface area contributed by atoms with Gasteiger partial charge in [-0.15, -0.1) is 0 Å². The molecule has 0 unspecified atom stereocenters. The first-order valence-corrected chi connectivity index (χ1v) is 4.21. The van der Waals surface area contributed by atoms with Crippen LogP contribution < -0.4 is 17.0 Å². The fourth-order valence-corrected chi connectivity index (χ4v) is 0.600. The molecule has 0 rings (SSSR count). The molecule has 4 nitrogen and oxygen atoms in total. The molecule has 0 saturated heterocycles. The van der Waals surface area contributed by atoms with E-state index in [1.807, 2.05) is 13.8 Å². The van der Waals surface area contributed by atoms with Crippen LogP contribution in [-0.2, 0) is 4.74 Å². The summed E-state index contributed by atoms with van der Waals surface area (Å²) in [6.07, 6.45) is 3.33. The van der Waals surface area contributed by atoms with Crippen LogP contribution in [0.15, 0.2) is 11.9 Å². The van der Waals surface area contributed by atoms with E-state index in [-0.39, 0.29) is 0 Å². The molecule has 0 bridgehead atoms. The normalized spacial score (nSPS) is 10.2. The number of nitrogens with two attached hydrogens (primary N) is 2. The molecule has 0 atom stereocenters. The summed E-state index contributed by atoms with van der Waals surface area (Å²) in [7, 11) is 1.67. The Hall–Kier alpha value is -0.740. The molecule has 0 radical (unpaired) electrons. The van der Waals surface area contributed by atoms with E-state index < -0.39 is 0 Å². The van der Waals surface area contributed by atoms with Crippen molar-refractivity contribution in [3.8, 4) is 0 Å². The van der Waals surface area contributed by atoms with E-state index in [0.29, 0.717) is 0 Å². The van der Waals surface area contributed by atoms with Gasteiger partial charge in [-0.2, -0.15) is 0 Å². The fraction of sp³-hybridized carbons (Fsp3) is 0.750. The molecule has 0 spiro atoms. The highest BCUT2D eigenvalue weighted by Crippen LogP contribution is 1.95. The van der Waals surface area contributed by atoms with Gasteiger partial charge in [0.1, 0.15) is 0 Å². The van der Waals surface area contributed by atoms with Gasteiger partial charge in [-0.1, -0.05) is 13.8 Å². The maximum Gasteiger partial charge on any atom is 0.0465 e. The highest BCUT2D eigenvalue weighted by Gasteiger charge is 1.88. The van der Waals surface area contributed by atoms with E-state index in [0.717, 1.165) is 25.1 Å². The molecular formula is C8H21N3O. The Morgan fingerprint density at radius 2 is 2.08 bits per heavy atom. The fourth-order valence-electron chi connectivity index (χ4n) is 0.600. The first kappa shape index (κ1) is 13.8. The van der Waals surface area contributed by atoms with Crippen molar-refractivity contribution in [2.24, 2.45) is 11.6 Å².